The predicted molar refractivity (Wildman–Crippen MR) is 85.0 cm³/mol. The molecule has 0 unspecified atom stereocenters. The minimum absolute atomic E-state index is 0.0244. The number of carbonyl (C=O) groups excluding carboxylic acids is 1. The van der Waals surface area contributed by atoms with Crippen LogP contribution in [0.2, 0.25) is 5.02 Å². The van der Waals surface area contributed by atoms with Gasteiger partial charge in [-0.15, -0.1) is 0 Å². The Kier molecular flexibility index (Phi) is 4.71. The highest BCUT2D eigenvalue weighted by molar-refractivity contribution is 6.30. The van der Waals surface area contributed by atoms with Gasteiger partial charge >= 0.3 is 0 Å². The zero-order valence-electron chi connectivity index (χ0n) is 12.0. The Morgan fingerprint density at radius 1 is 1.18 bits per heavy atom. The van der Waals surface area contributed by atoms with Crippen LogP contribution in [0.1, 0.15) is 15.9 Å². The maximum atomic E-state index is 12.3. The predicted octanol–water partition coefficient (Wildman–Crippen LogP) is 2.72. The molecule has 2 heterocycles. The van der Waals surface area contributed by atoms with Gasteiger partial charge in [0.15, 0.2) is 0 Å². The second-order valence-corrected chi connectivity index (χ2v) is 5.88. The average molecular weight is 317 g/mol. The molecule has 0 bridgehead atoms. The minimum Gasteiger partial charge on any atom is -0.379 e. The first-order valence-corrected chi connectivity index (χ1v) is 7.63. The molecule has 0 spiro atoms. The van der Waals surface area contributed by atoms with Gasteiger partial charge in [0, 0.05) is 28.9 Å². The van der Waals surface area contributed by atoms with Crippen LogP contribution in [0.4, 0.5) is 0 Å². The minimum atomic E-state index is -0.0908. The van der Waals surface area contributed by atoms with Gasteiger partial charge in [-0.2, -0.15) is 0 Å². The van der Waals surface area contributed by atoms with E-state index in [9.17, 15) is 4.79 Å². The van der Waals surface area contributed by atoms with Crippen LogP contribution in [0.5, 0.6) is 0 Å². The molecule has 5 heteroatoms. The van der Waals surface area contributed by atoms with E-state index in [0.29, 0.717) is 23.8 Å². The van der Waals surface area contributed by atoms with Gasteiger partial charge < -0.3 is 10.1 Å². The largest absolute Gasteiger partial charge is 0.379 e. The number of pyridine rings is 1. The van der Waals surface area contributed by atoms with Crippen molar-refractivity contribution in [3.05, 3.63) is 64.9 Å². The molecule has 1 amide bonds. The molecular formula is C17H17ClN2O2. The molecule has 0 aliphatic carbocycles. The zero-order valence-corrected chi connectivity index (χ0v) is 12.8. The van der Waals surface area contributed by atoms with E-state index in [0.717, 1.165) is 6.42 Å². The second kappa shape index (κ2) is 6.90. The first-order valence-electron chi connectivity index (χ1n) is 7.25. The van der Waals surface area contributed by atoms with Gasteiger partial charge in [-0.05, 0) is 48.4 Å². The molecule has 114 valence electrons. The van der Waals surface area contributed by atoms with E-state index in [1.165, 1.54) is 5.56 Å². The number of halogens is 1. The van der Waals surface area contributed by atoms with Crippen LogP contribution in [-0.2, 0) is 11.2 Å². The standard InChI is InChI=1S/C17H17ClN2O2/c18-15-3-1-13(2-4-15)17(21)20-16-11-22-10-14(16)9-12-5-7-19-8-6-12/h1-8,14,16H,9-11H2,(H,20,21)/t14-,16+/m1/s1. The smallest absolute Gasteiger partial charge is 0.251 e. The molecule has 22 heavy (non-hydrogen) atoms. The molecule has 4 nitrogen and oxygen atoms in total. The zero-order chi connectivity index (χ0) is 15.4. The van der Waals surface area contributed by atoms with Gasteiger partial charge in [-0.3, -0.25) is 9.78 Å². The van der Waals surface area contributed by atoms with Crippen molar-refractivity contribution in [2.24, 2.45) is 5.92 Å². The fourth-order valence-electron chi connectivity index (χ4n) is 2.63. The van der Waals surface area contributed by atoms with Crippen molar-refractivity contribution in [3.63, 3.8) is 0 Å². The van der Waals surface area contributed by atoms with Crippen LogP contribution in [0, 0.1) is 5.92 Å². The molecule has 1 aromatic carbocycles. The Labute approximate surface area is 134 Å². The van der Waals surface area contributed by atoms with Crippen molar-refractivity contribution < 1.29 is 9.53 Å². The summed E-state index contributed by atoms with van der Waals surface area (Å²) in [6.07, 6.45) is 4.44. The summed E-state index contributed by atoms with van der Waals surface area (Å²) >= 11 is 5.84. The number of amides is 1. The van der Waals surface area contributed by atoms with Crippen molar-refractivity contribution >= 4 is 17.5 Å². The first-order chi connectivity index (χ1) is 10.7. The van der Waals surface area contributed by atoms with Gasteiger partial charge in [-0.1, -0.05) is 11.6 Å². The summed E-state index contributed by atoms with van der Waals surface area (Å²) in [7, 11) is 0. The van der Waals surface area contributed by atoms with Crippen LogP contribution in [0.15, 0.2) is 48.8 Å². The summed E-state index contributed by atoms with van der Waals surface area (Å²) in [4.78, 5) is 16.3. The lowest BCUT2D eigenvalue weighted by molar-refractivity contribution is 0.0925. The number of aromatic nitrogens is 1. The topological polar surface area (TPSA) is 51.2 Å². The molecule has 1 aromatic heterocycles. The number of ether oxygens (including phenoxy) is 1. The third-order valence-electron chi connectivity index (χ3n) is 3.87. The number of benzene rings is 1. The third kappa shape index (κ3) is 3.64. The van der Waals surface area contributed by atoms with Crippen molar-refractivity contribution in [1.82, 2.24) is 10.3 Å². The van der Waals surface area contributed by atoms with Gasteiger partial charge in [0.25, 0.3) is 5.91 Å². The van der Waals surface area contributed by atoms with Crippen LogP contribution in [0.25, 0.3) is 0 Å². The lowest BCUT2D eigenvalue weighted by Crippen LogP contribution is -2.40. The van der Waals surface area contributed by atoms with Crippen molar-refractivity contribution in [1.29, 1.82) is 0 Å². The van der Waals surface area contributed by atoms with Crippen LogP contribution < -0.4 is 5.32 Å². The molecule has 0 saturated carbocycles. The number of rotatable bonds is 4. The summed E-state index contributed by atoms with van der Waals surface area (Å²) in [6.45, 7) is 1.21. The van der Waals surface area contributed by atoms with E-state index >= 15 is 0 Å². The molecule has 0 radical (unpaired) electrons. The van der Waals surface area contributed by atoms with Gasteiger partial charge in [0.1, 0.15) is 0 Å². The van der Waals surface area contributed by atoms with Crippen molar-refractivity contribution in [2.45, 2.75) is 12.5 Å². The Morgan fingerprint density at radius 3 is 2.64 bits per heavy atom. The third-order valence-corrected chi connectivity index (χ3v) is 4.12. The summed E-state index contributed by atoms with van der Waals surface area (Å²) in [6, 6.07) is 10.9. The number of nitrogens with zero attached hydrogens (tertiary/aromatic N) is 1. The molecule has 2 aromatic rings. The van der Waals surface area contributed by atoms with Gasteiger partial charge in [-0.25, -0.2) is 0 Å². The molecule has 1 saturated heterocycles. The number of hydrogen-bond acceptors (Lipinski definition) is 3. The van der Waals surface area contributed by atoms with Crippen molar-refractivity contribution in [2.75, 3.05) is 13.2 Å². The van der Waals surface area contributed by atoms with Gasteiger partial charge in [0.2, 0.25) is 0 Å². The van der Waals surface area contributed by atoms with Gasteiger partial charge in [0.05, 0.1) is 19.3 Å². The highest BCUT2D eigenvalue weighted by Gasteiger charge is 2.29. The molecule has 1 aliphatic rings. The summed E-state index contributed by atoms with van der Waals surface area (Å²) in [5.74, 6) is 0.186. The fraction of sp³-hybridized carbons (Fsp3) is 0.294. The number of carbonyl (C=O) groups is 1. The van der Waals surface area contributed by atoms with Crippen LogP contribution in [-0.4, -0.2) is 30.1 Å². The fourth-order valence-corrected chi connectivity index (χ4v) is 2.76. The Balaban J connectivity index is 1.63. The van der Waals surface area contributed by atoms with Crippen LogP contribution >= 0.6 is 11.6 Å². The summed E-state index contributed by atoms with van der Waals surface area (Å²) in [5.41, 5.74) is 1.82. The van der Waals surface area contributed by atoms with E-state index in [-0.39, 0.29) is 17.9 Å². The van der Waals surface area contributed by atoms with Crippen molar-refractivity contribution in [3.8, 4) is 0 Å². The Morgan fingerprint density at radius 2 is 1.91 bits per heavy atom. The second-order valence-electron chi connectivity index (χ2n) is 5.44. The monoisotopic (exact) mass is 316 g/mol. The highest BCUT2D eigenvalue weighted by Crippen LogP contribution is 2.19. The SMILES string of the molecule is O=C(N[C@H]1COC[C@H]1Cc1ccncc1)c1ccc(Cl)cc1. The van der Waals surface area contributed by atoms with Crippen LogP contribution in [0.3, 0.4) is 0 Å². The number of nitrogens with one attached hydrogen (secondary N) is 1. The molecule has 2 atom stereocenters. The van der Waals surface area contributed by atoms with E-state index < -0.39 is 0 Å². The van der Waals surface area contributed by atoms with E-state index in [1.54, 1.807) is 36.7 Å². The van der Waals surface area contributed by atoms with E-state index in [1.807, 2.05) is 12.1 Å². The quantitative estimate of drug-likeness (QED) is 0.943. The maximum absolute atomic E-state index is 12.3. The average Bonchev–Trinajstić information content (AvgIpc) is 2.96. The number of hydrogen-bond donors (Lipinski definition) is 1. The highest BCUT2D eigenvalue weighted by atomic mass is 35.5. The Hall–Kier alpha value is -1.91. The molecule has 1 fully saturated rings. The van der Waals surface area contributed by atoms with E-state index in [4.69, 9.17) is 16.3 Å². The normalized spacial score (nSPS) is 20.8. The lowest BCUT2D eigenvalue weighted by Gasteiger charge is -2.19. The molecular weight excluding hydrogens is 300 g/mol. The molecule has 1 aliphatic heterocycles. The summed E-state index contributed by atoms with van der Waals surface area (Å²) in [5, 5.41) is 3.68. The maximum Gasteiger partial charge on any atom is 0.251 e. The van der Waals surface area contributed by atoms with E-state index in [2.05, 4.69) is 10.3 Å². The Bertz CT molecular complexity index is 631. The molecule has 1 N–H and O–H groups in total. The first kappa shape index (κ1) is 15.0. The summed E-state index contributed by atoms with van der Waals surface area (Å²) < 4.78 is 5.55. The molecule has 3 rings (SSSR count). The lowest BCUT2D eigenvalue weighted by atomic mass is 9.95.